The SMILES string of the molecule is C[n+]1nsc(-c2ccccc2)c1O. The van der Waals surface area contributed by atoms with Gasteiger partial charge in [0.15, 0.2) is 11.9 Å². The third-order valence-electron chi connectivity index (χ3n) is 1.80. The number of hydrogen-bond acceptors (Lipinski definition) is 3. The summed E-state index contributed by atoms with van der Waals surface area (Å²) in [6.45, 7) is 0. The second kappa shape index (κ2) is 3.14. The van der Waals surface area contributed by atoms with Crippen LogP contribution in [0.1, 0.15) is 0 Å². The van der Waals surface area contributed by atoms with Gasteiger partial charge >= 0.3 is 5.88 Å². The Labute approximate surface area is 80.0 Å². The van der Waals surface area contributed by atoms with Crippen LogP contribution in [0.5, 0.6) is 5.88 Å². The van der Waals surface area contributed by atoms with E-state index < -0.39 is 0 Å². The van der Waals surface area contributed by atoms with Crippen molar-refractivity contribution in [2.45, 2.75) is 0 Å². The summed E-state index contributed by atoms with van der Waals surface area (Å²) in [5, 5.41) is 9.60. The Morgan fingerprint density at radius 2 is 2.00 bits per heavy atom. The molecule has 0 aliphatic rings. The quantitative estimate of drug-likeness (QED) is 0.694. The molecule has 1 heterocycles. The van der Waals surface area contributed by atoms with Gasteiger partial charge in [0.2, 0.25) is 0 Å². The van der Waals surface area contributed by atoms with Gasteiger partial charge in [0.05, 0.1) is 4.49 Å². The standard InChI is InChI=1S/C9H8N2OS/c1-11-9(12)8(13-10-11)7-5-3-2-4-6-7/h2-6H,1H3/p+1. The van der Waals surface area contributed by atoms with Crippen LogP contribution in [0, 0.1) is 0 Å². The van der Waals surface area contributed by atoms with Crippen LogP contribution in [0.3, 0.4) is 0 Å². The summed E-state index contributed by atoms with van der Waals surface area (Å²) in [6.07, 6.45) is 0. The van der Waals surface area contributed by atoms with Crippen LogP contribution in [0.15, 0.2) is 30.3 Å². The molecule has 0 spiro atoms. The molecule has 2 aromatic rings. The predicted octanol–water partition coefficient (Wildman–Crippen LogP) is 1.34. The fourth-order valence-electron chi connectivity index (χ4n) is 1.10. The van der Waals surface area contributed by atoms with Crippen molar-refractivity contribution in [3.05, 3.63) is 30.3 Å². The lowest BCUT2D eigenvalue weighted by Gasteiger charge is -1.91. The van der Waals surface area contributed by atoms with Crippen molar-refractivity contribution in [2.24, 2.45) is 7.05 Å². The Balaban J connectivity index is 2.53. The Hall–Kier alpha value is -1.42. The predicted molar refractivity (Wildman–Crippen MR) is 50.4 cm³/mol. The van der Waals surface area contributed by atoms with E-state index in [9.17, 15) is 5.11 Å². The molecular formula is C9H9N2OS+. The molecule has 0 fully saturated rings. The molecule has 0 unspecified atom stereocenters. The lowest BCUT2D eigenvalue weighted by atomic mass is 10.2. The number of rotatable bonds is 1. The van der Waals surface area contributed by atoms with Gasteiger partial charge in [-0.3, -0.25) is 0 Å². The second-order valence-corrected chi connectivity index (χ2v) is 3.47. The van der Waals surface area contributed by atoms with Crippen molar-refractivity contribution < 1.29 is 9.79 Å². The molecule has 1 aromatic carbocycles. The van der Waals surface area contributed by atoms with Crippen LogP contribution in [-0.4, -0.2) is 9.59 Å². The molecule has 0 aliphatic carbocycles. The summed E-state index contributed by atoms with van der Waals surface area (Å²) in [5.41, 5.74) is 0.998. The minimum absolute atomic E-state index is 0.219. The molecule has 66 valence electrons. The van der Waals surface area contributed by atoms with Crippen LogP contribution in [0.25, 0.3) is 10.4 Å². The van der Waals surface area contributed by atoms with E-state index in [0.29, 0.717) is 0 Å². The van der Waals surface area contributed by atoms with Crippen LogP contribution in [0.2, 0.25) is 0 Å². The normalized spacial score (nSPS) is 10.2. The van der Waals surface area contributed by atoms with Gasteiger partial charge in [-0.25, -0.2) is 0 Å². The van der Waals surface area contributed by atoms with E-state index in [1.54, 1.807) is 7.05 Å². The Morgan fingerprint density at radius 3 is 2.54 bits per heavy atom. The molecule has 0 radical (unpaired) electrons. The van der Waals surface area contributed by atoms with Crippen LogP contribution < -0.4 is 4.68 Å². The molecule has 4 heteroatoms. The monoisotopic (exact) mass is 193 g/mol. The summed E-state index contributed by atoms with van der Waals surface area (Å²) in [5.74, 6) is 0.219. The van der Waals surface area contributed by atoms with Gasteiger partial charge in [0.25, 0.3) is 0 Å². The van der Waals surface area contributed by atoms with Crippen molar-refractivity contribution in [1.29, 1.82) is 0 Å². The molecule has 0 saturated carbocycles. The van der Waals surface area contributed by atoms with E-state index in [0.717, 1.165) is 10.4 Å². The van der Waals surface area contributed by atoms with Crippen LogP contribution in [0.4, 0.5) is 0 Å². The van der Waals surface area contributed by atoms with E-state index in [-0.39, 0.29) is 5.88 Å². The van der Waals surface area contributed by atoms with Gasteiger partial charge in [0, 0.05) is 17.1 Å². The fourth-order valence-corrected chi connectivity index (χ4v) is 1.84. The van der Waals surface area contributed by atoms with E-state index in [1.165, 1.54) is 16.2 Å². The minimum Gasteiger partial charge on any atom is -0.457 e. The lowest BCUT2D eigenvalue weighted by Crippen LogP contribution is -2.28. The van der Waals surface area contributed by atoms with Gasteiger partial charge in [-0.15, -0.1) is 0 Å². The van der Waals surface area contributed by atoms with Crippen molar-refractivity contribution in [3.63, 3.8) is 0 Å². The molecule has 0 amide bonds. The summed E-state index contributed by atoms with van der Waals surface area (Å²) in [6, 6.07) is 9.73. The van der Waals surface area contributed by atoms with Gasteiger partial charge in [0.1, 0.15) is 0 Å². The van der Waals surface area contributed by atoms with E-state index in [2.05, 4.69) is 4.49 Å². The molecule has 3 nitrogen and oxygen atoms in total. The fraction of sp³-hybridized carbons (Fsp3) is 0.111. The van der Waals surface area contributed by atoms with Crippen molar-refractivity contribution in [2.75, 3.05) is 0 Å². The maximum Gasteiger partial charge on any atom is 0.411 e. The zero-order valence-electron chi connectivity index (χ0n) is 7.14. The Morgan fingerprint density at radius 1 is 1.31 bits per heavy atom. The highest BCUT2D eigenvalue weighted by atomic mass is 32.1. The first-order valence-electron chi connectivity index (χ1n) is 3.89. The number of aryl methyl sites for hydroxylation is 1. The first-order chi connectivity index (χ1) is 6.29. The van der Waals surface area contributed by atoms with E-state index >= 15 is 0 Å². The highest BCUT2D eigenvalue weighted by Crippen LogP contribution is 2.28. The first kappa shape index (κ1) is 8.19. The molecule has 0 saturated heterocycles. The lowest BCUT2D eigenvalue weighted by molar-refractivity contribution is -0.727. The average molecular weight is 193 g/mol. The van der Waals surface area contributed by atoms with E-state index in [1.807, 2.05) is 30.3 Å². The van der Waals surface area contributed by atoms with Crippen molar-refractivity contribution in [3.8, 4) is 16.3 Å². The van der Waals surface area contributed by atoms with Crippen molar-refractivity contribution >= 4 is 11.5 Å². The van der Waals surface area contributed by atoms with E-state index in [4.69, 9.17) is 0 Å². The maximum atomic E-state index is 9.60. The van der Waals surface area contributed by atoms with Crippen LogP contribution >= 0.6 is 11.5 Å². The summed E-state index contributed by atoms with van der Waals surface area (Å²) < 4.78 is 5.47. The molecule has 0 bridgehead atoms. The number of benzene rings is 1. The highest BCUT2D eigenvalue weighted by Gasteiger charge is 2.18. The summed E-state index contributed by atoms with van der Waals surface area (Å²) in [4.78, 5) is 0.808. The largest absolute Gasteiger partial charge is 0.457 e. The zero-order valence-corrected chi connectivity index (χ0v) is 7.95. The van der Waals surface area contributed by atoms with Gasteiger partial charge < -0.3 is 5.11 Å². The zero-order chi connectivity index (χ0) is 9.26. The number of aromatic nitrogens is 2. The van der Waals surface area contributed by atoms with Crippen LogP contribution in [-0.2, 0) is 7.05 Å². The summed E-state index contributed by atoms with van der Waals surface area (Å²) in [7, 11) is 1.72. The molecule has 1 N–H and O–H groups in total. The average Bonchev–Trinajstić information content (AvgIpc) is 2.49. The summed E-state index contributed by atoms with van der Waals surface area (Å²) >= 11 is 1.29. The topological polar surface area (TPSA) is 37.0 Å². The number of hydrogen-bond donors (Lipinski definition) is 1. The smallest absolute Gasteiger partial charge is 0.411 e. The minimum atomic E-state index is 0.219. The molecular weight excluding hydrogens is 184 g/mol. The third kappa shape index (κ3) is 1.40. The Bertz CT molecular complexity index is 411. The molecule has 0 atom stereocenters. The second-order valence-electron chi connectivity index (χ2n) is 2.72. The molecule has 2 rings (SSSR count). The molecule has 1 aromatic heterocycles. The van der Waals surface area contributed by atoms with Crippen molar-refractivity contribution in [1.82, 2.24) is 4.49 Å². The number of aromatic hydroxyl groups is 1. The number of nitrogens with zero attached hydrogens (tertiary/aromatic N) is 2. The molecule has 13 heavy (non-hydrogen) atoms. The van der Waals surface area contributed by atoms with Gasteiger partial charge in [-0.1, -0.05) is 30.3 Å². The maximum absolute atomic E-state index is 9.60. The molecule has 0 aliphatic heterocycles. The Kier molecular flexibility index (Phi) is 1.98. The first-order valence-corrected chi connectivity index (χ1v) is 4.67. The van der Waals surface area contributed by atoms with Gasteiger partial charge in [-0.2, -0.15) is 0 Å². The highest BCUT2D eigenvalue weighted by molar-refractivity contribution is 7.09. The third-order valence-corrected chi connectivity index (χ3v) is 2.73. The van der Waals surface area contributed by atoms with Gasteiger partial charge in [-0.05, 0) is 4.68 Å².